The fourth-order valence-electron chi connectivity index (χ4n) is 2.54. The third kappa shape index (κ3) is 2.99. The van der Waals surface area contributed by atoms with Gasteiger partial charge in [-0.3, -0.25) is 9.89 Å². The van der Waals surface area contributed by atoms with Gasteiger partial charge in [0.25, 0.3) is 5.91 Å². The molecular weight excluding hydrogens is 300 g/mol. The number of amides is 1. The summed E-state index contributed by atoms with van der Waals surface area (Å²) < 4.78 is 8.28. The highest BCUT2D eigenvalue weighted by molar-refractivity contribution is 7.71. The summed E-state index contributed by atoms with van der Waals surface area (Å²) in [7, 11) is 0. The Morgan fingerprint density at radius 2 is 2.36 bits per heavy atom. The van der Waals surface area contributed by atoms with Crippen LogP contribution < -0.4 is 5.32 Å². The Bertz CT molecular complexity index is 739. The summed E-state index contributed by atoms with van der Waals surface area (Å²) in [5.74, 6) is 1.96. The van der Waals surface area contributed by atoms with E-state index in [0.717, 1.165) is 36.4 Å². The van der Waals surface area contributed by atoms with Crippen LogP contribution in [0.2, 0.25) is 0 Å². The van der Waals surface area contributed by atoms with E-state index in [2.05, 4.69) is 20.1 Å². The Balaban J connectivity index is 1.60. The Kier molecular flexibility index (Phi) is 4.15. The average molecular weight is 320 g/mol. The van der Waals surface area contributed by atoms with E-state index in [1.807, 2.05) is 19.9 Å². The molecule has 2 aromatic rings. The molecule has 0 unspecified atom stereocenters. The van der Waals surface area contributed by atoms with Gasteiger partial charge in [-0.25, -0.2) is 0 Å². The first-order valence-electron chi connectivity index (χ1n) is 7.63. The Morgan fingerprint density at radius 3 is 3.00 bits per heavy atom. The Labute approximate surface area is 133 Å². The van der Waals surface area contributed by atoms with Gasteiger partial charge in [0.05, 0.1) is 0 Å². The first-order valence-corrected chi connectivity index (χ1v) is 8.04. The normalized spacial score (nSPS) is 14.3. The molecule has 2 N–H and O–H groups in total. The molecule has 1 aliphatic rings. The third-order valence-electron chi connectivity index (χ3n) is 3.85. The number of hydrogen-bond acceptors (Lipinski definition) is 4. The number of aromatic nitrogens is 3. The molecule has 3 rings (SSSR count). The molecule has 0 atom stereocenters. The zero-order valence-corrected chi connectivity index (χ0v) is 13.6. The lowest BCUT2D eigenvalue weighted by Crippen LogP contribution is -2.26. The van der Waals surface area contributed by atoms with Crippen molar-refractivity contribution < 1.29 is 9.21 Å². The minimum Gasteiger partial charge on any atom is -0.456 e. The first kappa shape index (κ1) is 15.0. The molecule has 0 aliphatic heterocycles. The van der Waals surface area contributed by atoms with Crippen LogP contribution in [0.5, 0.6) is 0 Å². The lowest BCUT2D eigenvalue weighted by molar-refractivity contribution is 0.0923. The van der Waals surface area contributed by atoms with Crippen molar-refractivity contribution in [2.45, 2.75) is 45.6 Å². The highest BCUT2D eigenvalue weighted by atomic mass is 32.1. The van der Waals surface area contributed by atoms with Gasteiger partial charge in [-0.05, 0) is 38.0 Å². The van der Waals surface area contributed by atoms with Crippen LogP contribution in [0.4, 0.5) is 0 Å². The van der Waals surface area contributed by atoms with Crippen LogP contribution in [0.25, 0.3) is 0 Å². The minimum absolute atomic E-state index is 0.177. The van der Waals surface area contributed by atoms with Crippen molar-refractivity contribution in [2.24, 2.45) is 0 Å². The fourth-order valence-corrected chi connectivity index (χ4v) is 2.84. The van der Waals surface area contributed by atoms with Gasteiger partial charge < -0.3 is 14.3 Å². The van der Waals surface area contributed by atoms with Gasteiger partial charge >= 0.3 is 0 Å². The summed E-state index contributed by atoms with van der Waals surface area (Å²) in [5, 5.41) is 9.97. The first-order chi connectivity index (χ1) is 10.6. The molecule has 22 heavy (non-hydrogen) atoms. The van der Waals surface area contributed by atoms with Crippen molar-refractivity contribution >= 4 is 18.1 Å². The summed E-state index contributed by atoms with van der Waals surface area (Å²) in [6, 6.07) is 2.39. The van der Waals surface area contributed by atoms with E-state index in [4.69, 9.17) is 16.6 Å². The van der Waals surface area contributed by atoms with E-state index in [9.17, 15) is 4.79 Å². The fraction of sp³-hybridized carbons (Fsp3) is 0.533. The van der Waals surface area contributed by atoms with Crippen LogP contribution >= 0.6 is 12.2 Å². The molecule has 0 radical (unpaired) electrons. The minimum atomic E-state index is -0.177. The predicted octanol–water partition coefficient (Wildman–Crippen LogP) is 2.71. The maximum atomic E-state index is 12.2. The summed E-state index contributed by atoms with van der Waals surface area (Å²) in [6.07, 6.45) is 3.73. The van der Waals surface area contributed by atoms with Crippen molar-refractivity contribution in [1.29, 1.82) is 0 Å². The zero-order valence-electron chi connectivity index (χ0n) is 12.8. The molecule has 0 bridgehead atoms. The molecule has 118 valence electrons. The molecule has 7 heteroatoms. The second-order valence-corrected chi connectivity index (χ2v) is 6.02. The number of carbonyl (C=O) groups is 1. The smallest absolute Gasteiger partial charge is 0.287 e. The molecule has 1 amide bonds. The SMILES string of the molecule is CCc1cc(C)c(C(=O)NCCc2n[nH]c(=S)n2C2CC2)o1. The summed E-state index contributed by atoms with van der Waals surface area (Å²) in [5.41, 5.74) is 0.870. The molecule has 6 nitrogen and oxygen atoms in total. The summed E-state index contributed by atoms with van der Waals surface area (Å²) >= 11 is 5.24. The van der Waals surface area contributed by atoms with Crippen LogP contribution in [0, 0.1) is 11.7 Å². The Morgan fingerprint density at radius 1 is 1.59 bits per heavy atom. The monoisotopic (exact) mass is 320 g/mol. The van der Waals surface area contributed by atoms with Crippen molar-refractivity contribution in [3.63, 3.8) is 0 Å². The number of aromatic amines is 1. The predicted molar refractivity (Wildman–Crippen MR) is 84.5 cm³/mol. The largest absolute Gasteiger partial charge is 0.456 e. The number of aryl methyl sites for hydroxylation is 2. The molecule has 2 aromatic heterocycles. The van der Waals surface area contributed by atoms with Crippen molar-refractivity contribution in [1.82, 2.24) is 20.1 Å². The molecule has 1 aliphatic carbocycles. The van der Waals surface area contributed by atoms with Crippen molar-refractivity contribution in [3.8, 4) is 0 Å². The topological polar surface area (TPSA) is 75.8 Å². The van der Waals surface area contributed by atoms with Crippen LogP contribution in [0.3, 0.4) is 0 Å². The van der Waals surface area contributed by atoms with Crippen molar-refractivity contribution in [2.75, 3.05) is 6.54 Å². The number of hydrogen-bond donors (Lipinski definition) is 2. The van der Waals surface area contributed by atoms with Crippen LogP contribution in [-0.4, -0.2) is 27.2 Å². The van der Waals surface area contributed by atoms with E-state index in [-0.39, 0.29) is 5.91 Å². The standard InChI is InChI=1S/C15H20N4O2S/c1-3-11-8-9(2)13(21-11)14(20)16-7-6-12-17-18-15(22)19(12)10-4-5-10/h8,10H,3-7H2,1-2H3,(H,16,20)(H,18,22). The van der Waals surface area contributed by atoms with E-state index >= 15 is 0 Å². The van der Waals surface area contributed by atoms with Gasteiger partial charge in [0.15, 0.2) is 10.5 Å². The van der Waals surface area contributed by atoms with Gasteiger partial charge in [0, 0.05) is 31.0 Å². The molecule has 0 saturated heterocycles. The molecule has 2 heterocycles. The third-order valence-corrected chi connectivity index (χ3v) is 4.14. The van der Waals surface area contributed by atoms with E-state index in [1.165, 1.54) is 0 Å². The van der Waals surface area contributed by atoms with Gasteiger partial charge in [-0.15, -0.1) is 0 Å². The lowest BCUT2D eigenvalue weighted by Gasteiger charge is -2.06. The molecular formula is C15H20N4O2S. The number of nitrogens with zero attached hydrogens (tertiary/aromatic N) is 2. The molecule has 0 aromatic carbocycles. The van der Waals surface area contributed by atoms with E-state index < -0.39 is 0 Å². The van der Waals surface area contributed by atoms with Crippen molar-refractivity contribution in [3.05, 3.63) is 33.7 Å². The van der Waals surface area contributed by atoms with Gasteiger partial charge in [0.2, 0.25) is 0 Å². The lowest BCUT2D eigenvalue weighted by atomic mass is 10.2. The van der Waals surface area contributed by atoms with Crippen LogP contribution in [-0.2, 0) is 12.8 Å². The summed E-state index contributed by atoms with van der Waals surface area (Å²) in [6.45, 7) is 4.39. The number of nitrogens with one attached hydrogen (secondary N) is 2. The van der Waals surface area contributed by atoms with Gasteiger partial charge in [-0.1, -0.05) is 6.92 Å². The number of H-pyrrole nitrogens is 1. The maximum absolute atomic E-state index is 12.2. The maximum Gasteiger partial charge on any atom is 0.287 e. The van der Waals surface area contributed by atoms with Crippen LogP contribution in [0.1, 0.15) is 53.5 Å². The number of furan rings is 1. The zero-order chi connectivity index (χ0) is 15.7. The van der Waals surface area contributed by atoms with Gasteiger partial charge in [-0.2, -0.15) is 5.10 Å². The quantitative estimate of drug-likeness (QED) is 0.802. The molecule has 0 spiro atoms. The number of carbonyl (C=O) groups excluding carboxylic acids is 1. The van der Waals surface area contributed by atoms with Gasteiger partial charge in [0.1, 0.15) is 11.6 Å². The average Bonchev–Trinajstić information content (AvgIpc) is 3.16. The Hall–Kier alpha value is -1.89. The highest BCUT2D eigenvalue weighted by Gasteiger charge is 2.27. The summed E-state index contributed by atoms with van der Waals surface area (Å²) in [4.78, 5) is 12.2. The molecule has 1 fully saturated rings. The second-order valence-electron chi connectivity index (χ2n) is 5.63. The molecule has 1 saturated carbocycles. The van der Waals surface area contributed by atoms with E-state index in [0.29, 0.717) is 29.5 Å². The second kappa shape index (κ2) is 6.08. The highest BCUT2D eigenvalue weighted by Crippen LogP contribution is 2.35. The van der Waals surface area contributed by atoms with Crippen LogP contribution in [0.15, 0.2) is 10.5 Å². The van der Waals surface area contributed by atoms with E-state index in [1.54, 1.807) is 0 Å². The number of rotatable bonds is 6.